The molecule has 6 rings (SSSR count). The quantitative estimate of drug-likeness (QED) is 0.374. The highest BCUT2D eigenvalue weighted by atomic mass is 35.5. The van der Waals surface area contributed by atoms with Gasteiger partial charge in [-0.1, -0.05) is 41.9 Å². The van der Waals surface area contributed by atoms with Gasteiger partial charge in [-0.15, -0.1) is 0 Å². The fourth-order valence-electron chi connectivity index (χ4n) is 4.56. The summed E-state index contributed by atoms with van der Waals surface area (Å²) >= 11 is 6.11. The normalized spacial score (nSPS) is 13.9. The molecule has 0 radical (unpaired) electrons. The van der Waals surface area contributed by atoms with Crippen LogP contribution in [0.1, 0.15) is 10.4 Å². The van der Waals surface area contributed by atoms with Gasteiger partial charge in [0.15, 0.2) is 5.65 Å². The number of rotatable bonds is 4. The number of amides is 1. The molecule has 0 aliphatic carbocycles. The number of carbonyl (C=O) groups excluding carboxylic acids is 1. The minimum absolute atomic E-state index is 0.0454. The van der Waals surface area contributed by atoms with E-state index in [1.54, 1.807) is 21.9 Å². The minimum atomic E-state index is -0.0454. The average Bonchev–Trinajstić information content (AvgIpc) is 3.54. The molecule has 0 atom stereocenters. The number of aryl methyl sites for hydroxylation is 1. The number of hydrogen-bond donors (Lipinski definition) is 0. The lowest BCUT2D eigenvalue weighted by Crippen LogP contribution is -2.49. The van der Waals surface area contributed by atoms with Crippen molar-refractivity contribution in [3.8, 4) is 16.9 Å². The Balaban J connectivity index is 1.28. The first-order chi connectivity index (χ1) is 17.6. The second-order valence-electron chi connectivity index (χ2n) is 8.66. The number of aromatic nitrogens is 6. The summed E-state index contributed by atoms with van der Waals surface area (Å²) < 4.78 is 3.50. The van der Waals surface area contributed by atoms with Gasteiger partial charge in [-0.25, -0.2) is 14.6 Å². The highest BCUT2D eigenvalue weighted by Crippen LogP contribution is 2.28. The second kappa shape index (κ2) is 9.09. The van der Waals surface area contributed by atoms with Crippen molar-refractivity contribution in [3.05, 3.63) is 83.9 Å². The molecule has 0 unspecified atom stereocenters. The van der Waals surface area contributed by atoms with Gasteiger partial charge in [-0.05, 0) is 24.3 Å². The predicted octanol–water partition coefficient (Wildman–Crippen LogP) is 3.83. The Labute approximate surface area is 212 Å². The molecule has 0 bridgehead atoms. The molecule has 9 nitrogen and oxygen atoms in total. The maximum Gasteiger partial charge on any atom is 0.257 e. The third kappa shape index (κ3) is 3.97. The smallest absolute Gasteiger partial charge is 0.257 e. The number of carbonyl (C=O) groups is 1. The maximum atomic E-state index is 13.8. The number of nitrogens with zero attached hydrogens (tertiary/aromatic N) is 8. The van der Waals surface area contributed by atoms with Gasteiger partial charge in [0.2, 0.25) is 0 Å². The van der Waals surface area contributed by atoms with E-state index in [-0.39, 0.29) is 5.91 Å². The standard InChI is InChI=1S/C26H23ClN8O/c1-32-24-21(15-30-32)25(29-17-28-24)33-11-13-34(14-12-33)26(36)22-16-35(20-5-3-2-4-6-20)31-23(22)18-7-9-19(27)10-8-18/h2-10,15-17H,11-14H2,1H3. The summed E-state index contributed by atoms with van der Waals surface area (Å²) in [6, 6.07) is 17.2. The van der Waals surface area contributed by atoms with Gasteiger partial charge in [0.05, 0.1) is 22.8 Å². The molecule has 3 aromatic heterocycles. The van der Waals surface area contributed by atoms with E-state index in [0.717, 1.165) is 28.1 Å². The van der Waals surface area contributed by atoms with E-state index in [0.29, 0.717) is 42.5 Å². The molecule has 10 heteroatoms. The van der Waals surface area contributed by atoms with Crippen molar-refractivity contribution >= 4 is 34.4 Å². The van der Waals surface area contributed by atoms with Crippen LogP contribution < -0.4 is 4.90 Å². The zero-order valence-electron chi connectivity index (χ0n) is 19.6. The molecule has 36 heavy (non-hydrogen) atoms. The van der Waals surface area contributed by atoms with E-state index < -0.39 is 0 Å². The molecule has 1 fully saturated rings. The number of piperazine rings is 1. The third-order valence-corrected chi connectivity index (χ3v) is 6.71. The maximum absolute atomic E-state index is 13.8. The van der Waals surface area contributed by atoms with Gasteiger partial charge in [-0.3, -0.25) is 9.48 Å². The summed E-state index contributed by atoms with van der Waals surface area (Å²) in [6.45, 7) is 2.47. The molecule has 1 amide bonds. The van der Waals surface area contributed by atoms with Gasteiger partial charge in [0.25, 0.3) is 5.91 Å². The number of fused-ring (bicyclic) bond motifs is 1. The largest absolute Gasteiger partial charge is 0.352 e. The van der Waals surface area contributed by atoms with Crippen LogP contribution in [0.5, 0.6) is 0 Å². The van der Waals surface area contributed by atoms with Gasteiger partial charge in [0, 0.05) is 50.0 Å². The summed E-state index contributed by atoms with van der Waals surface area (Å²) in [7, 11) is 1.86. The van der Waals surface area contributed by atoms with E-state index in [1.807, 2.05) is 72.7 Å². The van der Waals surface area contributed by atoms with E-state index in [1.165, 1.54) is 0 Å². The zero-order valence-corrected chi connectivity index (χ0v) is 20.4. The van der Waals surface area contributed by atoms with Crippen LogP contribution >= 0.6 is 11.6 Å². The topological polar surface area (TPSA) is 85.0 Å². The van der Waals surface area contributed by atoms with Crippen LogP contribution in [0.3, 0.4) is 0 Å². The summed E-state index contributed by atoms with van der Waals surface area (Å²) in [4.78, 5) is 26.7. The molecule has 1 aliphatic heterocycles. The van der Waals surface area contributed by atoms with Crippen LogP contribution in [0.15, 0.2) is 73.3 Å². The molecule has 4 heterocycles. The Morgan fingerprint density at radius 1 is 0.944 bits per heavy atom. The van der Waals surface area contributed by atoms with Gasteiger partial charge in [-0.2, -0.15) is 10.2 Å². The van der Waals surface area contributed by atoms with Crippen LogP contribution in [-0.4, -0.2) is 66.5 Å². The minimum Gasteiger partial charge on any atom is -0.352 e. The number of anilines is 1. The lowest BCUT2D eigenvalue weighted by Gasteiger charge is -2.35. The first-order valence-corrected chi connectivity index (χ1v) is 12.0. The van der Waals surface area contributed by atoms with Crippen molar-refractivity contribution in [2.75, 3.05) is 31.1 Å². The van der Waals surface area contributed by atoms with Crippen LogP contribution in [0.2, 0.25) is 5.02 Å². The molecule has 0 saturated carbocycles. The van der Waals surface area contributed by atoms with E-state index in [4.69, 9.17) is 16.7 Å². The number of para-hydroxylation sites is 1. The fourth-order valence-corrected chi connectivity index (χ4v) is 4.68. The summed E-state index contributed by atoms with van der Waals surface area (Å²) in [5.41, 5.74) is 3.72. The van der Waals surface area contributed by atoms with Crippen molar-refractivity contribution in [2.45, 2.75) is 0 Å². The van der Waals surface area contributed by atoms with Gasteiger partial charge >= 0.3 is 0 Å². The van der Waals surface area contributed by atoms with Crippen LogP contribution in [0.4, 0.5) is 5.82 Å². The van der Waals surface area contributed by atoms with Gasteiger partial charge in [0.1, 0.15) is 17.8 Å². The Bertz CT molecular complexity index is 1540. The van der Waals surface area contributed by atoms with Crippen molar-refractivity contribution in [2.24, 2.45) is 7.05 Å². The zero-order chi connectivity index (χ0) is 24.6. The first-order valence-electron chi connectivity index (χ1n) is 11.7. The van der Waals surface area contributed by atoms with Crippen molar-refractivity contribution in [3.63, 3.8) is 0 Å². The molecular weight excluding hydrogens is 476 g/mol. The number of benzene rings is 2. The van der Waals surface area contributed by atoms with Crippen molar-refractivity contribution in [1.82, 2.24) is 34.4 Å². The number of hydrogen-bond acceptors (Lipinski definition) is 6. The Hall–Kier alpha value is -4.24. The Kier molecular flexibility index (Phi) is 5.61. The van der Waals surface area contributed by atoms with E-state index in [9.17, 15) is 4.79 Å². The molecule has 2 aromatic carbocycles. The molecule has 1 aliphatic rings. The average molecular weight is 499 g/mol. The lowest BCUT2D eigenvalue weighted by molar-refractivity contribution is 0.0747. The van der Waals surface area contributed by atoms with Crippen molar-refractivity contribution in [1.29, 1.82) is 0 Å². The lowest BCUT2D eigenvalue weighted by atomic mass is 10.1. The van der Waals surface area contributed by atoms with E-state index >= 15 is 0 Å². The number of halogens is 1. The Morgan fingerprint density at radius 3 is 2.44 bits per heavy atom. The highest BCUT2D eigenvalue weighted by Gasteiger charge is 2.28. The predicted molar refractivity (Wildman–Crippen MR) is 138 cm³/mol. The molecule has 0 N–H and O–H groups in total. The molecule has 180 valence electrons. The monoisotopic (exact) mass is 498 g/mol. The SMILES string of the molecule is Cn1ncc2c(N3CCN(C(=O)c4cn(-c5ccccc5)nc4-c4ccc(Cl)cc4)CC3)ncnc21. The molecule has 1 saturated heterocycles. The second-order valence-corrected chi connectivity index (χ2v) is 9.10. The third-order valence-electron chi connectivity index (χ3n) is 6.46. The summed E-state index contributed by atoms with van der Waals surface area (Å²) in [6.07, 6.45) is 5.17. The molecule has 5 aromatic rings. The highest BCUT2D eigenvalue weighted by molar-refractivity contribution is 6.30. The van der Waals surface area contributed by atoms with Crippen LogP contribution in [0, 0.1) is 0 Å². The van der Waals surface area contributed by atoms with E-state index in [2.05, 4.69) is 20.0 Å². The molecular formula is C26H23ClN8O. The van der Waals surface area contributed by atoms with Crippen LogP contribution in [0.25, 0.3) is 28.0 Å². The Morgan fingerprint density at radius 2 is 1.69 bits per heavy atom. The molecule has 0 spiro atoms. The van der Waals surface area contributed by atoms with Gasteiger partial charge < -0.3 is 9.80 Å². The summed E-state index contributed by atoms with van der Waals surface area (Å²) in [5.74, 6) is 0.801. The van der Waals surface area contributed by atoms with Crippen molar-refractivity contribution < 1.29 is 4.79 Å². The van der Waals surface area contributed by atoms with Crippen LogP contribution in [-0.2, 0) is 7.05 Å². The fraction of sp³-hybridized carbons (Fsp3) is 0.192. The summed E-state index contributed by atoms with van der Waals surface area (Å²) in [5, 5.41) is 10.6. The first kappa shape index (κ1) is 22.2.